The third-order valence-electron chi connectivity index (χ3n) is 6.99. The van der Waals surface area contributed by atoms with Crippen molar-refractivity contribution in [2.45, 2.75) is 43.8 Å². The van der Waals surface area contributed by atoms with Crippen molar-refractivity contribution in [1.82, 2.24) is 14.7 Å². The van der Waals surface area contributed by atoms with Crippen LogP contribution in [0.3, 0.4) is 0 Å². The second-order valence-corrected chi connectivity index (χ2v) is 10.9. The predicted molar refractivity (Wildman–Crippen MR) is 134 cm³/mol. The molecular formula is C25H33N5O3S. The van der Waals surface area contributed by atoms with Crippen molar-refractivity contribution in [3.8, 4) is 0 Å². The van der Waals surface area contributed by atoms with Gasteiger partial charge in [-0.15, -0.1) is 0 Å². The van der Waals surface area contributed by atoms with Gasteiger partial charge in [-0.3, -0.25) is 19.3 Å². The lowest BCUT2D eigenvalue weighted by atomic mass is 10.1. The Labute approximate surface area is 205 Å². The van der Waals surface area contributed by atoms with E-state index in [2.05, 4.69) is 20.1 Å². The van der Waals surface area contributed by atoms with E-state index in [-0.39, 0.29) is 24.1 Å². The number of aliphatic imine (C=N–C) groups is 1. The van der Waals surface area contributed by atoms with Crippen LogP contribution in [0.4, 0.5) is 5.69 Å². The standard InChI is InChI=1S/C25H33N5O3S/c31-22(16-21-23(32)27-25(34-21)30-9-2-1-3-10-30)26-20-6-4-5-19(15-20)24(33)29-13-11-28(12-14-29)17-18-7-8-18/h4-6,15,18,21H,1-3,7-14,16-17H2,(H,26,31). The molecule has 1 aromatic carbocycles. The molecule has 182 valence electrons. The molecule has 0 aromatic heterocycles. The fraction of sp³-hybridized carbons (Fsp3) is 0.600. The van der Waals surface area contributed by atoms with Gasteiger partial charge < -0.3 is 15.1 Å². The maximum Gasteiger partial charge on any atom is 0.262 e. The van der Waals surface area contributed by atoms with E-state index >= 15 is 0 Å². The molecule has 3 fully saturated rings. The minimum Gasteiger partial charge on any atom is -0.351 e. The monoisotopic (exact) mass is 483 g/mol. The van der Waals surface area contributed by atoms with Gasteiger partial charge in [0.05, 0.1) is 0 Å². The summed E-state index contributed by atoms with van der Waals surface area (Å²) in [5.74, 6) is 0.399. The van der Waals surface area contributed by atoms with Gasteiger partial charge in [0.25, 0.3) is 11.8 Å². The Kier molecular flexibility index (Phi) is 7.20. The number of piperidine rings is 1. The zero-order chi connectivity index (χ0) is 23.5. The lowest BCUT2D eigenvalue weighted by Gasteiger charge is -2.34. The van der Waals surface area contributed by atoms with Crippen molar-refractivity contribution in [3.05, 3.63) is 29.8 Å². The molecular weight excluding hydrogens is 450 g/mol. The van der Waals surface area contributed by atoms with Crippen LogP contribution in [0.25, 0.3) is 0 Å². The van der Waals surface area contributed by atoms with Crippen molar-refractivity contribution >= 4 is 40.3 Å². The molecule has 1 atom stereocenters. The summed E-state index contributed by atoms with van der Waals surface area (Å²) < 4.78 is 0. The Morgan fingerprint density at radius 3 is 2.53 bits per heavy atom. The van der Waals surface area contributed by atoms with E-state index in [1.165, 1.54) is 31.0 Å². The molecule has 34 heavy (non-hydrogen) atoms. The molecule has 3 heterocycles. The highest BCUT2D eigenvalue weighted by atomic mass is 32.2. The van der Waals surface area contributed by atoms with Gasteiger partial charge >= 0.3 is 0 Å². The highest BCUT2D eigenvalue weighted by Gasteiger charge is 2.33. The summed E-state index contributed by atoms with van der Waals surface area (Å²) in [7, 11) is 0. The smallest absolute Gasteiger partial charge is 0.262 e. The summed E-state index contributed by atoms with van der Waals surface area (Å²) in [5, 5.41) is 3.15. The minimum atomic E-state index is -0.478. The maximum absolute atomic E-state index is 13.0. The van der Waals surface area contributed by atoms with Crippen molar-refractivity contribution in [1.29, 1.82) is 0 Å². The van der Waals surface area contributed by atoms with E-state index < -0.39 is 5.25 Å². The van der Waals surface area contributed by atoms with E-state index in [1.54, 1.807) is 24.3 Å². The number of nitrogens with zero attached hydrogens (tertiary/aromatic N) is 4. The van der Waals surface area contributed by atoms with Gasteiger partial charge in [-0.2, -0.15) is 4.99 Å². The summed E-state index contributed by atoms with van der Waals surface area (Å²) in [6, 6.07) is 7.10. The van der Waals surface area contributed by atoms with Crippen LogP contribution in [0.15, 0.2) is 29.3 Å². The van der Waals surface area contributed by atoms with Crippen LogP contribution in [0.5, 0.6) is 0 Å². The van der Waals surface area contributed by atoms with Gasteiger partial charge in [0.2, 0.25) is 5.91 Å². The van der Waals surface area contributed by atoms with Gasteiger partial charge in [-0.05, 0) is 56.2 Å². The van der Waals surface area contributed by atoms with Gasteiger partial charge in [0.1, 0.15) is 5.25 Å². The number of nitrogens with one attached hydrogen (secondary N) is 1. The minimum absolute atomic E-state index is 0.00303. The van der Waals surface area contributed by atoms with Crippen LogP contribution in [-0.2, 0) is 9.59 Å². The summed E-state index contributed by atoms with van der Waals surface area (Å²) >= 11 is 1.40. The van der Waals surface area contributed by atoms with Crippen LogP contribution in [0.1, 0.15) is 48.9 Å². The first-order chi connectivity index (χ1) is 16.5. The fourth-order valence-electron chi connectivity index (χ4n) is 4.82. The number of rotatable bonds is 6. The van der Waals surface area contributed by atoms with Crippen molar-refractivity contribution in [3.63, 3.8) is 0 Å². The predicted octanol–water partition coefficient (Wildman–Crippen LogP) is 2.67. The summed E-state index contributed by atoms with van der Waals surface area (Å²) in [5.41, 5.74) is 1.16. The second-order valence-electron chi connectivity index (χ2n) is 9.76. The Morgan fingerprint density at radius 2 is 1.79 bits per heavy atom. The third-order valence-corrected chi connectivity index (χ3v) is 8.21. The van der Waals surface area contributed by atoms with Crippen molar-refractivity contribution < 1.29 is 14.4 Å². The number of amidine groups is 1. The zero-order valence-electron chi connectivity index (χ0n) is 19.6. The van der Waals surface area contributed by atoms with E-state index in [0.717, 1.165) is 69.7 Å². The normalized spacial score (nSPS) is 23.7. The molecule has 3 aliphatic heterocycles. The van der Waals surface area contributed by atoms with Gasteiger partial charge in [-0.1, -0.05) is 17.8 Å². The van der Waals surface area contributed by atoms with E-state index in [0.29, 0.717) is 11.3 Å². The molecule has 0 bridgehead atoms. The van der Waals surface area contributed by atoms with Crippen LogP contribution in [-0.4, -0.2) is 88.7 Å². The quantitative estimate of drug-likeness (QED) is 0.670. The number of hydrogen-bond donors (Lipinski definition) is 1. The highest BCUT2D eigenvalue weighted by molar-refractivity contribution is 8.15. The molecule has 1 unspecified atom stereocenters. The van der Waals surface area contributed by atoms with Crippen LogP contribution in [0, 0.1) is 5.92 Å². The Morgan fingerprint density at radius 1 is 1.03 bits per heavy atom. The zero-order valence-corrected chi connectivity index (χ0v) is 20.4. The van der Waals surface area contributed by atoms with Crippen LogP contribution < -0.4 is 5.32 Å². The summed E-state index contributed by atoms with van der Waals surface area (Å²) in [4.78, 5) is 48.7. The van der Waals surface area contributed by atoms with E-state index in [9.17, 15) is 14.4 Å². The lowest BCUT2D eigenvalue weighted by molar-refractivity contribution is -0.121. The number of amides is 3. The largest absolute Gasteiger partial charge is 0.351 e. The maximum atomic E-state index is 13.0. The molecule has 0 radical (unpaired) electrons. The molecule has 1 N–H and O–H groups in total. The number of piperazine rings is 1. The molecule has 1 aromatic rings. The molecule has 1 aliphatic carbocycles. The molecule has 9 heteroatoms. The number of hydrogen-bond acceptors (Lipinski definition) is 6. The number of carbonyl (C=O) groups is 3. The second kappa shape index (κ2) is 10.5. The van der Waals surface area contributed by atoms with Crippen LogP contribution in [0.2, 0.25) is 0 Å². The first-order valence-electron chi connectivity index (χ1n) is 12.5. The summed E-state index contributed by atoms with van der Waals surface area (Å²) in [6.45, 7) is 6.34. The Bertz CT molecular complexity index is 965. The third kappa shape index (κ3) is 5.81. The molecule has 8 nitrogen and oxygen atoms in total. The van der Waals surface area contributed by atoms with Crippen molar-refractivity contribution in [2.24, 2.45) is 10.9 Å². The highest BCUT2D eigenvalue weighted by Crippen LogP contribution is 2.30. The number of benzene rings is 1. The SMILES string of the molecule is O=C(CC1SC(N2CCCCC2)=NC1=O)Nc1cccc(C(=O)N2CCN(CC3CC3)CC2)c1. The summed E-state index contributed by atoms with van der Waals surface area (Å²) in [6.07, 6.45) is 6.21. The fourth-order valence-corrected chi connectivity index (χ4v) is 5.94. The van der Waals surface area contributed by atoms with Gasteiger partial charge in [0.15, 0.2) is 5.17 Å². The average Bonchev–Trinajstić information content (AvgIpc) is 3.60. The molecule has 4 aliphatic rings. The van der Waals surface area contributed by atoms with Gasteiger partial charge in [-0.25, -0.2) is 0 Å². The number of carbonyl (C=O) groups excluding carboxylic acids is 3. The van der Waals surface area contributed by atoms with Crippen molar-refractivity contribution in [2.75, 3.05) is 51.1 Å². The van der Waals surface area contributed by atoms with Crippen LogP contribution >= 0.6 is 11.8 Å². The number of likely N-dealkylation sites (tertiary alicyclic amines) is 1. The Hall–Kier alpha value is -2.39. The average molecular weight is 484 g/mol. The Balaban J connectivity index is 1.11. The lowest BCUT2D eigenvalue weighted by Crippen LogP contribution is -2.49. The number of thioether (sulfide) groups is 1. The molecule has 1 saturated carbocycles. The first-order valence-corrected chi connectivity index (χ1v) is 13.4. The van der Waals surface area contributed by atoms with Gasteiger partial charge in [0, 0.05) is 63.5 Å². The molecule has 0 spiro atoms. The topological polar surface area (TPSA) is 85.3 Å². The van der Waals surface area contributed by atoms with E-state index in [1.807, 2.05) is 4.90 Å². The molecule has 5 rings (SSSR count). The first kappa shape index (κ1) is 23.4. The number of anilines is 1. The molecule has 3 amide bonds. The molecule has 2 saturated heterocycles. The van der Waals surface area contributed by atoms with E-state index in [4.69, 9.17) is 0 Å².